The molecule has 1 saturated heterocycles. The highest BCUT2D eigenvalue weighted by Crippen LogP contribution is 2.39. The van der Waals surface area contributed by atoms with Crippen LogP contribution in [0.4, 0.5) is 0 Å². The SMILES string of the molecule is O=C(Cc1ccc2c(c1)c(I)nn2C1CCCCO1)C(c1ccsc1)C1CCCC1. The average Bonchev–Trinajstić information content (AvgIpc) is 3.52. The Morgan fingerprint density at radius 2 is 2.03 bits per heavy atom. The molecule has 1 aliphatic carbocycles. The van der Waals surface area contributed by atoms with Crippen LogP contribution in [0.5, 0.6) is 0 Å². The van der Waals surface area contributed by atoms with Gasteiger partial charge in [0.2, 0.25) is 0 Å². The molecule has 2 atom stereocenters. The van der Waals surface area contributed by atoms with Gasteiger partial charge in [-0.05, 0) is 101 Å². The van der Waals surface area contributed by atoms with Gasteiger partial charge >= 0.3 is 0 Å². The second-order valence-corrected chi connectivity index (χ2v) is 10.4. The number of fused-ring (bicyclic) bond motifs is 1. The van der Waals surface area contributed by atoms with Crippen LogP contribution >= 0.6 is 33.9 Å². The lowest BCUT2D eigenvalue weighted by Gasteiger charge is -2.23. The maximum atomic E-state index is 13.4. The number of hydrogen-bond acceptors (Lipinski definition) is 4. The Morgan fingerprint density at radius 1 is 1.20 bits per heavy atom. The normalized spacial score (nSPS) is 21.3. The average molecular weight is 534 g/mol. The summed E-state index contributed by atoms with van der Waals surface area (Å²) in [5.74, 6) is 0.909. The molecule has 2 fully saturated rings. The van der Waals surface area contributed by atoms with Gasteiger partial charge < -0.3 is 4.74 Å². The van der Waals surface area contributed by atoms with Crippen LogP contribution in [0, 0.1) is 9.62 Å². The summed E-state index contributed by atoms with van der Waals surface area (Å²) in [6.45, 7) is 0.806. The molecule has 1 saturated carbocycles. The van der Waals surface area contributed by atoms with Crippen molar-refractivity contribution < 1.29 is 9.53 Å². The van der Waals surface area contributed by atoms with E-state index in [2.05, 4.69) is 57.6 Å². The maximum absolute atomic E-state index is 13.4. The second kappa shape index (κ2) is 9.09. The number of Topliss-reactive ketones (excluding diaryl/α,β-unsaturated/α-hetero) is 1. The molecule has 0 spiro atoms. The number of nitrogens with zero attached hydrogens (tertiary/aromatic N) is 2. The molecule has 2 aliphatic rings. The Labute approximate surface area is 195 Å². The van der Waals surface area contributed by atoms with Gasteiger partial charge in [0.15, 0.2) is 6.23 Å². The molecule has 2 aromatic heterocycles. The van der Waals surface area contributed by atoms with E-state index in [0.717, 1.165) is 39.6 Å². The predicted molar refractivity (Wildman–Crippen MR) is 129 cm³/mol. The van der Waals surface area contributed by atoms with E-state index < -0.39 is 0 Å². The minimum atomic E-state index is 0.0302. The van der Waals surface area contributed by atoms with Crippen molar-refractivity contribution in [1.29, 1.82) is 0 Å². The Balaban J connectivity index is 1.40. The highest BCUT2D eigenvalue weighted by molar-refractivity contribution is 14.1. The number of rotatable bonds is 6. The first-order chi connectivity index (χ1) is 14.7. The van der Waals surface area contributed by atoms with Crippen molar-refractivity contribution in [2.24, 2.45) is 5.92 Å². The summed E-state index contributed by atoms with van der Waals surface area (Å²) < 4.78 is 8.97. The standard InChI is InChI=1S/C24H27IN2O2S/c25-24-19-13-16(8-9-20(19)27(26-24)22-7-3-4-11-29-22)14-21(28)23(17-5-1-2-6-17)18-10-12-30-15-18/h8-10,12-13,15,17,22-23H,1-7,11,14H2. The van der Waals surface area contributed by atoms with Gasteiger partial charge in [-0.15, -0.1) is 0 Å². The molecule has 3 aromatic rings. The van der Waals surface area contributed by atoms with Crippen LogP contribution in [0.2, 0.25) is 0 Å². The molecular formula is C24H27IN2O2S. The molecule has 3 heterocycles. The summed E-state index contributed by atoms with van der Waals surface area (Å²) in [4.78, 5) is 13.4. The van der Waals surface area contributed by atoms with Gasteiger partial charge in [-0.2, -0.15) is 16.4 Å². The maximum Gasteiger partial charge on any atom is 0.150 e. The van der Waals surface area contributed by atoms with Crippen molar-refractivity contribution in [2.75, 3.05) is 6.61 Å². The van der Waals surface area contributed by atoms with E-state index in [-0.39, 0.29) is 12.1 Å². The molecule has 1 aromatic carbocycles. The first-order valence-corrected chi connectivity index (χ1v) is 13.1. The Bertz CT molecular complexity index is 1020. The van der Waals surface area contributed by atoms with Crippen molar-refractivity contribution in [1.82, 2.24) is 9.78 Å². The van der Waals surface area contributed by atoms with Crippen LogP contribution in [-0.2, 0) is 16.0 Å². The summed E-state index contributed by atoms with van der Waals surface area (Å²) in [5.41, 5.74) is 3.41. The first-order valence-electron chi connectivity index (χ1n) is 11.0. The zero-order valence-corrected chi connectivity index (χ0v) is 20.0. The van der Waals surface area contributed by atoms with Gasteiger partial charge in [0, 0.05) is 24.3 Å². The van der Waals surface area contributed by atoms with Gasteiger partial charge in [-0.3, -0.25) is 4.79 Å². The molecule has 6 heteroatoms. The number of carbonyl (C=O) groups is 1. The lowest BCUT2D eigenvalue weighted by molar-refractivity contribution is -0.121. The fraction of sp³-hybridized carbons (Fsp3) is 0.500. The zero-order chi connectivity index (χ0) is 20.5. The minimum absolute atomic E-state index is 0.0302. The smallest absolute Gasteiger partial charge is 0.150 e. The third-order valence-electron chi connectivity index (χ3n) is 6.65. The lowest BCUT2D eigenvalue weighted by Crippen LogP contribution is -2.21. The molecule has 0 amide bonds. The number of aromatic nitrogens is 2. The van der Waals surface area contributed by atoms with Crippen LogP contribution in [0.1, 0.15) is 68.2 Å². The van der Waals surface area contributed by atoms with E-state index in [1.165, 1.54) is 37.7 Å². The number of carbonyl (C=O) groups excluding carboxylic acids is 1. The summed E-state index contributed by atoms with van der Waals surface area (Å²) in [6.07, 6.45) is 8.71. The van der Waals surface area contributed by atoms with Crippen LogP contribution < -0.4 is 0 Å². The van der Waals surface area contributed by atoms with Crippen LogP contribution in [-0.4, -0.2) is 22.2 Å². The lowest BCUT2D eigenvalue weighted by atomic mass is 9.81. The highest BCUT2D eigenvalue weighted by atomic mass is 127. The van der Waals surface area contributed by atoms with Gasteiger partial charge in [-0.1, -0.05) is 18.9 Å². The van der Waals surface area contributed by atoms with Gasteiger partial charge in [0.1, 0.15) is 9.48 Å². The monoisotopic (exact) mass is 534 g/mol. The molecule has 0 bridgehead atoms. The quantitative estimate of drug-likeness (QED) is 0.340. The second-order valence-electron chi connectivity index (χ2n) is 8.63. The zero-order valence-electron chi connectivity index (χ0n) is 17.1. The summed E-state index contributed by atoms with van der Waals surface area (Å²) in [6, 6.07) is 8.55. The van der Waals surface area contributed by atoms with E-state index in [1.807, 2.05) is 4.68 Å². The number of halogens is 1. The molecule has 2 unspecified atom stereocenters. The largest absolute Gasteiger partial charge is 0.356 e. The van der Waals surface area contributed by atoms with Crippen molar-refractivity contribution in [3.63, 3.8) is 0 Å². The van der Waals surface area contributed by atoms with Crippen LogP contribution in [0.3, 0.4) is 0 Å². The van der Waals surface area contributed by atoms with E-state index in [4.69, 9.17) is 9.84 Å². The first kappa shape index (κ1) is 20.6. The van der Waals surface area contributed by atoms with Crippen molar-refractivity contribution >= 4 is 50.6 Å². The summed E-state index contributed by atoms with van der Waals surface area (Å²) in [7, 11) is 0. The molecule has 4 nitrogen and oxygen atoms in total. The topological polar surface area (TPSA) is 44.1 Å². The molecular weight excluding hydrogens is 507 g/mol. The summed E-state index contributed by atoms with van der Waals surface area (Å²) in [5, 5.41) is 10.2. The van der Waals surface area contributed by atoms with Crippen molar-refractivity contribution in [3.05, 3.63) is 49.9 Å². The molecule has 0 radical (unpaired) electrons. The number of ketones is 1. The van der Waals surface area contributed by atoms with E-state index >= 15 is 0 Å². The number of thiophene rings is 1. The Hall–Kier alpha value is -1.25. The molecule has 0 N–H and O–H groups in total. The predicted octanol–water partition coefficient (Wildman–Crippen LogP) is 6.49. The Kier molecular flexibility index (Phi) is 6.25. The number of benzene rings is 1. The van der Waals surface area contributed by atoms with Crippen LogP contribution in [0.15, 0.2) is 35.0 Å². The van der Waals surface area contributed by atoms with Gasteiger partial charge in [0.05, 0.1) is 5.52 Å². The van der Waals surface area contributed by atoms with Gasteiger partial charge in [0.25, 0.3) is 0 Å². The summed E-state index contributed by atoms with van der Waals surface area (Å²) >= 11 is 4.00. The molecule has 30 heavy (non-hydrogen) atoms. The molecule has 158 valence electrons. The van der Waals surface area contributed by atoms with Crippen molar-refractivity contribution in [2.45, 2.75) is 63.5 Å². The third kappa shape index (κ3) is 4.10. The Morgan fingerprint density at radius 3 is 2.77 bits per heavy atom. The van der Waals surface area contributed by atoms with Crippen LogP contribution in [0.25, 0.3) is 10.9 Å². The van der Waals surface area contributed by atoms with E-state index in [1.54, 1.807) is 11.3 Å². The van der Waals surface area contributed by atoms with Gasteiger partial charge in [-0.25, -0.2) is 4.68 Å². The third-order valence-corrected chi connectivity index (χ3v) is 8.15. The fourth-order valence-electron chi connectivity index (χ4n) is 5.17. The number of hydrogen-bond donors (Lipinski definition) is 0. The molecule has 5 rings (SSSR count). The highest BCUT2D eigenvalue weighted by Gasteiger charge is 2.32. The van der Waals surface area contributed by atoms with Crippen molar-refractivity contribution in [3.8, 4) is 0 Å². The molecule has 1 aliphatic heterocycles. The number of ether oxygens (including phenoxy) is 1. The van der Waals surface area contributed by atoms with E-state index in [0.29, 0.717) is 18.1 Å². The van der Waals surface area contributed by atoms with E-state index in [9.17, 15) is 4.79 Å². The minimum Gasteiger partial charge on any atom is -0.356 e. The fourth-order valence-corrected chi connectivity index (χ4v) is 6.53.